The first-order valence-electron chi connectivity index (χ1n) is 5.58. The standard InChI is InChI=1S/C14H8ClFN2S/c15-13-11-6-1-2-7-12(11)14(18-17-13)19-10-5-3-4-9(16)8-10/h1-8H. The lowest BCUT2D eigenvalue weighted by Crippen LogP contribution is -1.89. The highest BCUT2D eigenvalue weighted by Crippen LogP contribution is 2.33. The minimum absolute atomic E-state index is 0.267. The largest absolute Gasteiger partial charge is 0.207 e. The minimum Gasteiger partial charge on any atom is -0.207 e. The summed E-state index contributed by atoms with van der Waals surface area (Å²) < 4.78 is 13.2. The lowest BCUT2D eigenvalue weighted by atomic mass is 10.2. The molecule has 2 nitrogen and oxygen atoms in total. The molecule has 0 saturated carbocycles. The van der Waals surface area contributed by atoms with Crippen molar-refractivity contribution in [2.24, 2.45) is 0 Å². The molecule has 0 amide bonds. The van der Waals surface area contributed by atoms with E-state index in [1.807, 2.05) is 30.3 Å². The van der Waals surface area contributed by atoms with Crippen molar-refractivity contribution >= 4 is 34.1 Å². The first-order valence-corrected chi connectivity index (χ1v) is 6.78. The zero-order valence-corrected chi connectivity index (χ0v) is 11.2. The van der Waals surface area contributed by atoms with E-state index in [1.54, 1.807) is 6.07 Å². The first kappa shape index (κ1) is 12.4. The average molecular weight is 291 g/mol. The Kier molecular flexibility index (Phi) is 3.36. The van der Waals surface area contributed by atoms with Crippen molar-refractivity contribution in [2.75, 3.05) is 0 Å². The number of rotatable bonds is 2. The zero-order chi connectivity index (χ0) is 13.2. The number of hydrogen-bond donors (Lipinski definition) is 0. The van der Waals surface area contributed by atoms with Crippen LogP contribution in [0.15, 0.2) is 58.5 Å². The predicted octanol–water partition coefficient (Wildman–Crippen LogP) is 4.57. The van der Waals surface area contributed by atoms with Crippen molar-refractivity contribution in [1.29, 1.82) is 0 Å². The number of benzene rings is 2. The van der Waals surface area contributed by atoms with E-state index in [1.165, 1.54) is 23.9 Å². The summed E-state index contributed by atoms with van der Waals surface area (Å²) in [6.45, 7) is 0. The van der Waals surface area contributed by atoms with Crippen LogP contribution in [-0.2, 0) is 0 Å². The van der Waals surface area contributed by atoms with Gasteiger partial charge in [-0.15, -0.1) is 10.2 Å². The van der Waals surface area contributed by atoms with Crippen LogP contribution in [0.3, 0.4) is 0 Å². The van der Waals surface area contributed by atoms with Crippen molar-refractivity contribution in [3.05, 3.63) is 59.5 Å². The molecule has 1 heterocycles. The van der Waals surface area contributed by atoms with Crippen molar-refractivity contribution in [2.45, 2.75) is 9.92 Å². The quantitative estimate of drug-likeness (QED) is 0.691. The highest BCUT2D eigenvalue weighted by molar-refractivity contribution is 7.99. The summed E-state index contributed by atoms with van der Waals surface area (Å²) in [6.07, 6.45) is 0. The predicted molar refractivity (Wildman–Crippen MR) is 75.1 cm³/mol. The van der Waals surface area contributed by atoms with E-state index in [9.17, 15) is 4.39 Å². The Morgan fingerprint density at radius 1 is 0.947 bits per heavy atom. The molecule has 5 heteroatoms. The fraction of sp³-hybridized carbons (Fsp3) is 0. The lowest BCUT2D eigenvalue weighted by Gasteiger charge is -2.05. The summed E-state index contributed by atoms with van der Waals surface area (Å²) in [4.78, 5) is 0.779. The van der Waals surface area contributed by atoms with E-state index in [0.717, 1.165) is 15.7 Å². The summed E-state index contributed by atoms with van der Waals surface area (Å²) in [5.41, 5.74) is 0. The third-order valence-corrected chi connectivity index (χ3v) is 3.88. The van der Waals surface area contributed by atoms with E-state index >= 15 is 0 Å². The number of aromatic nitrogens is 2. The third kappa shape index (κ3) is 2.55. The molecule has 0 aliphatic heterocycles. The Bertz CT molecular complexity index is 748. The van der Waals surface area contributed by atoms with Gasteiger partial charge in [0, 0.05) is 15.7 Å². The van der Waals surface area contributed by atoms with Crippen LogP contribution in [0.5, 0.6) is 0 Å². The van der Waals surface area contributed by atoms with Crippen LogP contribution in [-0.4, -0.2) is 10.2 Å². The summed E-state index contributed by atoms with van der Waals surface area (Å²) in [5.74, 6) is -0.267. The molecule has 0 bridgehead atoms. The highest BCUT2D eigenvalue weighted by atomic mass is 35.5. The van der Waals surface area contributed by atoms with Gasteiger partial charge in [-0.3, -0.25) is 0 Å². The minimum atomic E-state index is -0.267. The summed E-state index contributed by atoms with van der Waals surface area (Å²) in [6, 6.07) is 14.0. The molecule has 0 atom stereocenters. The third-order valence-electron chi connectivity index (χ3n) is 2.62. The number of halogens is 2. The molecule has 3 aromatic rings. The molecule has 1 aromatic heterocycles. The van der Waals surface area contributed by atoms with Crippen LogP contribution < -0.4 is 0 Å². The SMILES string of the molecule is Fc1cccc(Sc2nnc(Cl)c3ccccc23)c1. The molecule has 0 aliphatic rings. The second-order valence-corrected chi connectivity index (χ2v) is 5.32. The van der Waals surface area contributed by atoms with E-state index in [-0.39, 0.29) is 5.82 Å². The van der Waals surface area contributed by atoms with Crippen LogP contribution in [0, 0.1) is 5.82 Å². The smallest absolute Gasteiger partial charge is 0.159 e. The first-order chi connectivity index (χ1) is 9.24. The average Bonchev–Trinajstić information content (AvgIpc) is 2.42. The molecule has 94 valence electrons. The van der Waals surface area contributed by atoms with Crippen LogP contribution in [0.2, 0.25) is 5.15 Å². The maximum atomic E-state index is 13.2. The fourth-order valence-corrected chi connectivity index (χ4v) is 2.88. The summed E-state index contributed by atoms with van der Waals surface area (Å²) in [5, 5.41) is 10.9. The van der Waals surface area contributed by atoms with Gasteiger partial charge in [0.05, 0.1) is 0 Å². The molecule has 19 heavy (non-hydrogen) atoms. The van der Waals surface area contributed by atoms with Gasteiger partial charge in [-0.25, -0.2) is 4.39 Å². The molecule has 0 unspecified atom stereocenters. The molecule has 0 aliphatic carbocycles. The second kappa shape index (κ2) is 5.15. The van der Waals surface area contributed by atoms with Gasteiger partial charge in [0.1, 0.15) is 10.8 Å². The van der Waals surface area contributed by atoms with Gasteiger partial charge in [-0.05, 0) is 18.2 Å². The lowest BCUT2D eigenvalue weighted by molar-refractivity contribution is 0.624. The molecular weight excluding hydrogens is 283 g/mol. The normalized spacial score (nSPS) is 10.8. The van der Waals surface area contributed by atoms with Crippen LogP contribution in [0.1, 0.15) is 0 Å². The summed E-state index contributed by atoms with van der Waals surface area (Å²) in [7, 11) is 0. The van der Waals surface area contributed by atoms with Gasteiger partial charge >= 0.3 is 0 Å². The van der Waals surface area contributed by atoms with E-state index in [0.29, 0.717) is 10.2 Å². The Morgan fingerprint density at radius 2 is 1.74 bits per heavy atom. The van der Waals surface area contributed by atoms with Crippen LogP contribution in [0.25, 0.3) is 10.8 Å². The maximum Gasteiger partial charge on any atom is 0.159 e. The van der Waals surface area contributed by atoms with Gasteiger partial charge in [0.2, 0.25) is 0 Å². The zero-order valence-electron chi connectivity index (χ0n) is 9.68. The Balaban J connectivity index is 2.09. The number of fused-ring (bicyclic) bond motifs is 1. The molecule has 3 rings (SSSR count). The topological polar surface area (TPSA) is 25.8 Å². The van der Waals surface area contributed by atoms with E-state index in [2.05, 4.69) is 10.2 Å². The van der Waals surface area contributed by atoms with Crippen LogP contribution >= 0.6 is 23.4 Å². The summed E-state index contributed by atoms with van der Waals surface area (Å²) >= 11 is 7.38. The van der Waals surface area contributed by atoms with Crippen molar-refractivity contribution in [3.63, 3.8) is 0 Å². The van der Waals surface area contributed by atoms with E-state index in [4.69, 9.17) is 11.6 Å². The molecule has 0 spiro atoms. The highest BCUT2D eigenvalue weighted by Gasteiger charge is 2.09. The molecule has 2 aromatic carbocycles. The van der Waals surface area contributed by atoms with Crippen molar-refractivity contribution < 1.29 is 4.39 Å². The van der Waals surface area contributed by atoms with Gasteiger partial charge in [0.15, 0.2) is 5.15 Å². The molecular formula is C14H8ClFN2S. The Hall–Kier alpha value is -1.65. The molecule has 0 N–H and O–H groups in total. The van der Waals surface area contributed by atoms with Gasteiger partial charge in [-0.2, -0.15) is 0 Å². The fourth-order valence-electron chi connectivity index (χ4n) is 1.76. The molecule has 0 fully saturated rings. The van der Waals surface area contributed by atoms with Crippen molar-refractivity contribution in [3.8, 4) is 0 Å². The van der Waals surface area contributed by atoms with Crippen LogP contribution in [0.4, 0.5) is 4.39 Å². The molecule has 0 radical (unpaired) electrons. The van der Waals surface area contributed by atoms with Crippen molar-refractivity contribution in [1.82, 2.24) is 10.2 Å². The number of nitrogens with zero attached hydrogens (tertiary/aromatic N) is 2. The molecule has 0 saturated heterocycles. The monoisotopic (exact) mass is 290 g/mol. The van der Waals surface area contributed by atoms with Gasteiger partial charge in [0.25, 0.3) is 0 Å². The second-order valence-electron chi connectivity index (χ2n) is 3.90. The van der Waals surface area contributed by atoms with Gasteiger partial charge < -0.3 is 0 Å². The van der Waals surface area contributed by atoms with E-state index < -0.39 is 0 Å². The Morgan fingerprint density at radius 3 is 2.53 bits per heavy atom. The maximum absolute atomic E-state index is 13.2. The number of hydrogen-bond acceptors (Lipinski definition) is 3. The Labute approximate surface area is 118 Å². The van der Waals surface area contributed by atoms with Gasteiger partial charge in [-0.1, -0.05) is 53.7 Å².